The van der Waals surface area contributed by atoms with Crippen molar-refractivity contribution in [2.75, 3.05) is 19.6 Å². The molecule has 0 unspecified atom stereocenters. The van der Waals surface area contributed by atoms with Crippen molar-refractivity contribution in [2.24, 2.45) is 0 Å². The van der Waals surface area contributed by atoms with Gasteiger partial charge in [-0.2, -0.15) is 0 Å². The second kappa shape index (κ2) is 8.33. The number of rotatable bonds is 5. The molecule has 4 rings (SSSR count). The van der Waals surface area contributed by atoms with Gasteiger partial charge in [0, 0.05) is 17.5 Å². The lowest BCUT2D eigenvalue weighted by atomic mass is 10.0. The minimum absolute atomic E-state index is 0.0773. The van der Waals surface area contributed by atoms with Gasteiger partial charge >= 0.3 is 0 Å². The number of hydrogen-bond acceptors (Lipinski definition) is 5. The van der Waals surface area contributed by atoms with Gasteiger partial charge in [0.1, 0.15) is 4.83 Å². The molecule has 1 aliphatic carbocycles. The maximum Gasteiger partial charge on any atom is 0.262 e. The summed E-state index contributed by atoms with van der Waals surface area (Å²) in [6.45, 7) is 6.23. The van der Waals surface area contributed by atoms with E-state index in [9.17, 15) is 9.59 Å². The normalized spacial score (nSPS) is 21.4. The van der Waals surface area contributed by atoms with Gasteiger partial charge in [0.2, 0.25) is 5.91 Å². The topological polar surface area (TPSA) is 67.2 Å². The van der Waals surface area contributed by atoms with Crippen LogP contribution in [0.2, 0.25) is 0 Å². The Morgan fingerprint density at radius 3 is 2.82 bits per heavy atom. The second-order valence-electron chi connectivity index (χ2n) is 8.21. The zero-order valence-corrected chi connectivity index (χ0v) is 17.7. The zero-order valence-electron chi connectivity index (χ0n) is 16.9. The Kier molecular flexibility index (Phi) is 5.83. The highest BCUT2D eigenvalue weighted by Crippen LogP contribution is 2.28. The summed E-state index contributed by atoms with van der Waals surface area (Å²) in [5.74, 6) is 0.121. The molecule has 2 aromatic rings. The van der Waals surface area contributed by atoms with E-state index in [1.54, 1.807) is 17.7 Å². The SMILES string of the molecule is CCc1c(C)sc2ncn([C@@H]3CCCN(CC(=O)NC4CCCC4)C3)c(=O)c12. The van der Waals surface area contributed by atoms with E-state index in [-0.39, 0.29) is 17.5 Å². The van der Waals surface area contributed by atoms with Gasteiger partial charge in [0.15, 0.2) is 0 Å². The molecule has 2 aliphatic rings. The predicted octanol–water partition coefficient (Wildman–Crippen LogP) is 3.02. The molecule has 152 valence electrons. The van der Waals surface area contributed by atoms with Crippen LogP contribution in [0.15, 0.2) is 11.1 Å². The Morgan fingerprint density at radius 2 is 2.07 bits per heavy atom. The summed E-state index contributed by atoms with van der Waals surface area (Å²) in [5, 5.41) is 3.97. The number of fused-ring (bicyclic) bond motifs is 1. The van der Waals surface area contributed by atoms with Crippen molar-refractivity contribution in [2.45, 2.75) is 70.9 Å². The molecule has 6 nitrogen and oxygen atoms in total. The minimum Gasteiger partial charge on any atom is -0.352 e. The van der Waals surface area contributed by atoms with Crippen molar-refractivity contribution in [1.82, 2.24) is 19.8 Å². The van der Waals surface area contributed by atoms with Gasteiger partial charge in [0.05, 0.1) is 24.3 Å². The number of hydrogen-bond donors (Lipinski definition) is 1. The largest absolute Gasteiger partial charge is 0.352 e. The number of piperidine rings is 1. The number of carbonyl (C=O) groups excluding carboxylic acids is 1. The third-order valence-corrected chi connectivity index (χ3v) is 7.31. The van der Waals surface area contributed by atoms with Crippen molar-refractivity contribution >= 4 is 27.5 Å². The molecule has 1 atom stereocenters. The average molecular weight is 403 g/mol. The Morgan fingerprint density at radius 1 is 1.29 bits per heavy atom. The first-order valence-electron chi connectivity index (χ1n) is 10.6. The van der Waals surface area contributed by atoms with Crippen molar-refractivity contribution < 1.29 is 4.79 Å². The van der Waals surface area contributed by atoms with E-state index in [0.717, 1.165) is 61.0 Å². The molecule has 0 bridgehead atoms. The Bertz CT molecular complexity index is 913. The number of aromatic nitrogens is 2. The highest BCUT2D eigenvalue weighted by Gasteiger charge is 2.26. The molecule has 1 N–H and O–H groups in total. The maximum atomic E-state index is 13.2. The molecule has 3 heterocycles. The molecule has 2 aromatic heterocycles. The molecule has 0 aromatic carbocycles. The molecular formula is C21H30N4O2S. The fraction of sp³-hybridized carbons (Fsp3) is 0.667. The molecule has 7 heteroatoms. The van der Waals surface area contributed by atoms with Gasteiger partial charge in [-0.3, -0.25) is 19.1 Å². The highest BCUT2D eigenvalue weighted by atomic mass is 32.1. The van der Waals surface area contributed by atoms with Gasteiger partial charge in [0.25, 0.3) is 5.56 Å². The fourth-order valence-corrected chi connectivity index (χ4v) is 5.88. The molecule has 1 saturated heterocycles. The Balaban J connectivity index is 1.49. The molecule has 2 fully saturated rings. The summed E-state index contributed by atoms with van der Waals surface area (Å²) in [6.07, 6.45) is 9.17. The van der Waals surface area contributed by atoms with Crippen molar-refractivity contribution in [1.29, 1.82) is 0 Å². The number of likely N-dealkylation sites (tertiary alicyclic amines) is 1. The zero-order chi connectivity index (χ0) is 19.7. The number of aryl methyl sites for hydroxylation is 2. The number of carbonyl (C=O) groups is 1. The maximum absolute atomic E-state index is 13.2. The molecule has 0 spiro atoms. The molecule has 0 radical (unpaired) electrons. The lowest BCUT2D eigenvalue weighted by Crippen LogP contribution is -2.46. The van der Waals surface area contributed by atoms with Gasteiger partial charge in [-0.1, -0.05) is 19.8 Å². The van der Waals surface area contributed by atoms with E-state index < -0.39 is 0 Å². The third kappa shape index (κ3) is 3.87. The van der Waals surface area contributed by atoms with Crippen LogP contribution in [-0.2, 0) is 11.2 Å². The molecule has 1 amide bonds. The standard InChI is InChI=1S/C21H30N4O2S/c1-3-17-14(2)28-20-19(17)21(27)25(13-22-20)16-9-6-10-24(11-16)12-18(26)23-15-7-4-5-8-15/h13,15-16H,3-12H2,1-2H3,(H,23,26)/t16-/m1/s1. The molecule has 1 aliphatic heterocycles. The van der Waals surface area contributed by atoms with E-state index in [0.29, 0.717) is 12.6 Å². The van der Waals surface area contributed by atoms with Crippen molar-refractivity contribution in [3.8, 4) is 0 Å². The summed E-state index contributed by atoms with van der Waals surface area (Å²) >= 11 is 1.61. The van der Waals surface area contributed by atoms with Crippen LogP contribution in [0.3, 0.4) is 0 Å². The third-order valence-electron chi connectivity index (χ3n) is 6.25. The molecular weight excluding hydrogens is 372 g/mol. The van der Waals surface area contributed by atoms with E-state index >= 15 is 0 Å². The first-order chi connectivity index (χ1) is 13.6. The number of nitrogens with one attached hydrogen (secondary N) is 1. The van der Waals surface area contributed by atoms with Crippen LogP contribution in [0, 0.1) is 6.92 Å². The summed E-state index contributed by atoms with van der Waals surface area (Å²) in [4.78, 5) is 34.4. The van der Waals surface area contributed by atoms with Crippen molar-refractivity contribution in [3.63, 3.8) is 0 Å². The van der Waals surface area contributed by atoms with E-state index in [1.807, 2.05) is 4.57 Å². The summed E-state index contributed by atoms with van der Waals surface area (Å²) < 4.78 is 1.81. The van der Waals surface area contributed by atoms with E-state index in [2.05, 4.69) is 29.0 Å². The highest BCUT2D eigenvalue weighted by molar-refractivity contribution is 7.18. The summed E-state index contributed by atoms with van der Waals surface area (Å²) in [7, 11) is 0. The van der Waals surface area contributed by atoms with Crippen LogP contribution < -0.4 is 10.9 Å². The first kappa shape index (κ1) is 19.6. The van der Waals surface area contributed by atoms with E-state index in [1.165, 1.54) is 17.7 Å². The van der Waals surface area contributed by atoms with Crippen LogP contribution in [0.4, 0.5) is 0 Å². The van der Waals surface area contributed by atoms with Gasteiger partial charge in [-0.25, -0.2) is 4.98 Å². The van der Waals surface area contributed by atoms with E-state index in [4.69, 9.17) is 0 Å². The van der Waals surface area contributed by atoms with Crippen LogP contribution in [0.5, 0.6) is 0 Å². The van der Waals surface area contributed by atoms with Crippen molar-refractivity contribution in [3.05, 3.63) is 27.1 Å². The number of thiophene rings is 1. The summed E-state index contributed by atoms with van der Waals surface area (Å²) in [5.41, 5.74) is 1.21. The summed E-state index contributed by atoms with van der Waals surface area (Å²) in [6, 6.07) is 0.443. The van der Waals surface area contributed by atoms with Gasteiger partial charge in [-0.05, 0) is 51.1 Å². The number of amides is 1. The van der Waals surface area contributed by atoms with Gasteiger partial charge in [-0.15, -0.1) is 11.3 Å². The van der Waals surface area contributed by atoms with Crippen LogP contribution in [-0.4, -0.2) is 46.0 Å². The predicted molar refractivity (Wildman–Crippen MR) is 113 cm³/mol. The lowest BCUT2D eigenvalue weighted by molar-refractivity contribution is -0.123. The van der Waals surface area contributed by atoms with Gasteiger partial charge < -0.3 is 5.32 Å². The molecule has 1 saturated carbocycles. The average Bonchev–Trinajstić information content (AvgIpc) is 3.29. The smallest absolute Gasteiger partial charge is 0.262 e. The quantitative estimate of drug-likeness (QED) is 0.835. The lowest BCUT2D eigenvalue weighted by Gasteiger charge is -2.33. The fourth-order valence-electron chi connectivity index (χ4n) is 4.80. The second-order valence-corrected chi connectivity index (χ2v) is 9.41. The Labute approximate surface area is 169 Å². The van der Waals surface area contributed by atoms with Crippen LogP contribution in [0.25, 0.3) is 10.2 Å². The van der Waals surface area contributed by atoms with Crippen LogP contribution in [0.1, 0.15) is 61.9 Å². The monoisotopic (exact) mass is 402 g/mol. The first-order valence-corrected chi connectivity index (χ1v) is 11.4. The Hall–Kier alpha value is -1.73. The van der Waals surface area contributed by atoms with Crippen LogP contribution >= 0.6 is 11.3 Å². The number of nitrogens with zero attached hydrogens (tertiary/aromatic N) is 3. The molecule has 28 heavy (non-hydrogen) atoms. The minimum atomic E-state index is 0.0773.